The van der Waals surface area contributed by atoms with Gasteiger partial charge in [-0.3, -0.25) is 4.98 Å². The summed E-state index contributed by atoms with van der Waals surface area (Å²) in [6.45, 7) is 8.12. The van der Waals surface area contributed by atoms with Crippen LogP contribution in [0.2, 0.25) is 0 Å². The standard InChI is InChI=1S/C10H13N3/c1-6-5-13-10(9(4)11-6)7(2)8(3)12-13/h5H,1-4H3. The maximum Gasteiger partial charge on any atom is 0.0906 e. The van der Waals surface area contributed by atoms with Crippen LogP contribution in [-0.2, 0) is 0 Å². The van der Waals surface area contributed by atoms with Crippen LogP contribution in [0.25, 0.3) is 5.52 Å². The number of fused-ring (bicyclic) bond motifs is 1. The molecule has 0 radical (unpaired) electrons. The second-order valence-corrected chi connectivity index (χ2v) is 3.47. The van der Waals surface area contributed by atoms with Crippen LogP contribution in [0, 0.1) is 27.7 Å². The second kappa shape index (κ2) is 2.55. The molecule has 0 amide bonds. The van der Waals surface area contributed by atoms with Gasteiger partial charge in [-0.2, -0.15) is 5.10 Å². The molecule has 0 saturated carbocycles. The molecule has 0 bridgehead atoms. The SMILES string of the molecule is Cc1cn2nc(C)c(C)c2c(C)n1. The van der Waals surface area contributed by atoms with Crippen molar-refractivity contribution in [2.24, 2.45) is 0 Å². The Labute approximate surface area is 77.4 Å². The average molecular weight is 175 g/mol. The van der Waals surface area contributed by atoms with Gasteiger partial charge in [-0.15, -0.1) is 0 Å². The molecule has 0 spiro atoms. The van der Waals surface area contributed by atoms with E-state index in [1.54, 1.807) is 0 Å². The molecular formula is C10H13N3. The van der Waals surface area contributed by atoms with Crippen LogP contribution >= 0.6 is 0 Å². The van der Waals surface area contributed by atoms with E-state index in [0.29, 0.717) is 0 Å². The predicted octanol–water partition coefficient (Wildman–Crippen LogP) is 1.96. The topological polar surface area (TPSA) is 30.2 Å². The van der Waals surface area contributed by atoms with E-state index in [0.717, 1.165) is 22.6 Å². The summed E-state index contributed by atoms with van der Waals surface area (Å²) in [4.78, 5) is 4.42. The van der Waals surface area contributed by atoms with Gasteiger partial charge in [0.15, 0.2) is 0 Å². The Bertz CT molecular complexity index is 468. The normalized spacial score (nSPS) is 11.1. The van der Waals surface area contributed by atoms with Gasteiger partial charge in [0.1, 0.15) is 0 Å². The molecule has 0 aliphatic carbocycles. The van der Waals surface area contributed by atoms with Gasteiger partial charge < -0.3 is 0 Å². The van der Waals surface area contributed by atoms with Crippen LogP contribution in [0.15, 0.2) is 6.20 Å². The molecule has 2 aromatic rings. The van der Waals surface area contributed by atoms with E-state index in [1.165, 1.54) is 5.56 Å². The van der Waals surface area contributed by atoms with Crippen LogP contribution in [0.3, 0.4) is 0 Å². The minimum absolute atomic E-state index is 1.01. The fraction of sp³-hybridized carbons (Fsp3) is 0.400. The van der Waals surface area contributed by atoms with Crippen molar-refractivity contribution in [2.75, 3.05) is 0 Å². The molecule has 3 nitrogen and oxygen atoms in total. The lowest BCUT2D eigenvalue weighted by Gasteiger charge is -1.99. The highest BCUT2D eigenvalue weighted by molar-refractivity contribution is 5.59. The smallest absolute Gasteiger partial charge is 0.0906 e. The van der Waals surface area contributed by atoms with Crippen molar-refractivity contribution in [1.29, 1.82) is 0 Å². The number of nitrogens with zero attached hydrogens (tertiary/aromatic N) is 3. The lowest BCUT2D eigenvalue weighted by molar-refractivity contribution is 0.897. The molecule has 0 aromatic carbocycles. The molecule has 0 aliphatic heterocycles. The summed E-state index contributed by atoms with van der Waals surface area (Å²) in [5, 5.41) is 4.41. The Morgan fingerprint density at radius 1 is 1.08 bits per heavy atom. The molecule has 2 heterocycles. The van der Waals surface area contributed by atoms with E-state index in [9.17, 15) is 0 Å². The monoisotopic (exact) mass is 175 g/mol. The van der Waals surface area contributed by atoms with Gasteiger partial charge in [0.2, 0.25) is 0 Å². The minimum atomic E-state index is 1.01. The van der Waals surface area contributed by atoms with Gasteiger partial charge in [-0.1, -0.05) is 0 Å². The van der Waals surface area contributed by atoms with E-state index >= 15 is 0 Å². The lowest BCUT2D eigenvalue weighted by Crippen LogP contribution is -1.95. The molecule has 2 rings (SSSR count). The third-order valence-electron chi connectivity index (χ3n) is 2.38. The Kier molecular flexibility index (Phi) is 1.62. The Morgan fingerprint density at radius 3 is 2.46 bits per heavy atom. The molecule has 0 fully saturated rings. The molecular weight excluding hydrogens is 162 g/mol. The first kappa shape index (κ1) is 8.23. The fourth-order valence-corrected chi connectivity index (χ4v) is 1.68. The molecule has 0 aliphatic rings. The zero-order chi connectivity index (χ0) is 9.59. The number of hydrogen-bond donors (Lipinski definition) is 0. The minimum Gasteiger partial charge on any atom is -0.255 e. The largest absolute Gasteiger partial charge is 0.255 e. The summed E-state index contributed by atoms with van der Waals surface area (Å²) < 4.78 is 1.92. The maximum absolute atomic E-state index is 4.42. The van der Waals surface area contributed by atoms with Crippen molar-refractivity contribution < 1.29 is 0 Å². The summed E-state index contributed by atoms with van der Waals surface area (Å²) in [6.07, 6.45) is 1.96. The van der Waals surface area contributed by atoms with E-state index in [4.69, 9.17) is 0 Å². The number of aryl methyl sites for hydroxylation is 4. The highest BCUT2D eigenvalue weighted by Gasteiger charge is 2.07. The van der Waals surface area contributed by atoms with E-state index in [-0.39, 0.29) is 0 Å². The van der Waals surface area contributed by atoms with Crippen molar-refractivity contribution in [2.45, 2.75) is 27.7 Å². The average Bonchev–Trinajstić information content (AvgIpc) is 2.27. The van der Waals surface area contributed by atoms with Crippen molar-refractivity contribution in [1.82, 2.24) is 14.6 Å². The van der Waals surface area contributed by atoms with Crippen molar-refractivity contribution in [3.63, 3.8) is 0 Å². The quantitative estimate of drug-likeness (QED) is 0.612. The van der Waals surface area contributed by atoms with Crippen molar-refractivity contribution in [3.8, 4) is 0 Å². The molecule has 13 heavy (non-hydrogen) atoms. The maximum atomic E-state index is 4.42. The van der Waals surface area contributed by atoms with Crippen LogP contribution in [0.1, 0.15) is 22.6 Å². The molecule has 68 valence electrons. The third-order valence-corrected chi connectivity index (χ3v) is 2.38. The second-order valence-electron chi connectivity index (χ2n) is 3.47. The van der Waals surface area contributed by atoms with Gasteiger partial charge in [0.05, 0.1) is 28.8 Å². The van der Waals surface area contributed by atoms with Gasteiger partial charge >= 0.3 is 0 Å². The molecule has 0 saturated heterocycles. The van der Waals surface area contributed by atoms with E-state index in [2.05, 4.69) is 17.0 Å². The Morgan fingerprint density at radius 2 is 1.77 bits per heavy atom. The number of hydrogen-bond acceptors (Lipinski definition) is 2. The first-order valence-corrected chi connectivity index (χ1v) is 4.39. The first-order valence-electron chi connectivity index (χ1n) is 4.39. The Hall–Kier alpha value is -1.38. The molecule has 0 unspecified atom stereocenters. The van der Waals surface area contributed by atoms with E-state index in [1.807, 2.05) is 31.5 Å². The summed E-state index contributed by atoms with van der Waals surface area (Å²) in [6, 6.07) is 0. The van der Waals surface area contributed by atoms with Crippen LogP contribution in [0.4, 0.5) is 0 Å². The third kappa shape index (κ3) is 1.11. The Balaban J connectivity index is 2.94. The predicted molar refractivity (Wildman–Crippen MR) is 51.9 cm³/mol. The van der Waals surface area contributed by atoms with Gasteiger partial charge in [0, 0.05) is 0 Å². The van der Waals surface area contributed by atoms with Gasteiger partial charge in [0.25, 0.3) is 0 Å². The first-order chi connectivity index (χ1) is 6.09. The lowest BCUT2D eigenvalue weighted by atomic mass is 10.2. The van der Waals surface area contributed by atoms with Crippen molar-refractivity contribution in [3.05, 3.63) is 28.8 Å². The van der Waals surface area contributed by atoms with Crippen molar-refractivity contribution >= 4 is 5.52 Å². The summed E-state index contributed by atoms with van der Waals surface area (Å²) in [5.74, 6) is 0. The highest BCUT2D eigenvalue weighted by atomic mass is 15.2. The summed E-state index contributed by atoms with van der Waals surface area (Å²) in [5.41, 5.74) is 5.51. The molecule has 2 aromatic heterocycles. The summed E-state index contributed by atoms with van der Waals surface area (Å²) in [7, 11) is 0. The van der Waals surface area contributed by atoms with Gasteiger partial charge in [-0.05, 0) is 33.3 Å². The fourth-order valence-electron chi connectivity index (χ4n) is 1.68. The number of aromatic nitrogens is 3. The molecule has 0 atom stereocenters. The molecule has 3 heteroatoms. The van der Waals surface area contributed by atoms with Crippen LogP contribution in [-0.4, -0.2) is 14.6 Å². The van der Waals surface area contributed by atoms with Crippen LogP contribution < -0.4 is 0 Å². The highest BCUT2D eigenvalue weighted by Crippen LogP contribution is 2.16. The molecule has 0 N–H and O–H groups in total. The van der Waals surface area contributed by atoms with E-state index < -0.39 is 0 Å². The summed E-state index contributed by atoms with van der Waals surface area (Å²) >= 11 is 0. The zero-order valence-electron chi connectivity index (χ0n) is 8.42. The van der Waals surface area contributed by atoms with Crippen LogP contribution in [0.5, 0.6) is 0 Å². The van der Waals surface area contributed by atoms with Gasteiger partial charge in [-0.25, -0.2) is 4.52 Å². The zero-order valence-corrected chi connectivity index (χ0v) is 8.42. The number of rotatable bonds is 0.